The quantitative estimate of drug-likeness (QED) is 0.606. The number of carbonyl (C=O) groups is 1. The van der Waals surface area contributed by atoms with Gasteiger partial charge in [-0.2, -0.15) is 11.8 Å². The second kappa shape index (κ2) is 3.67. The maximum atomic E-state index is 11.0. The number of ketones is 1. The highest BCUT2D eigenvalue weighted by molar-refractivity contribution is 8.07. The van der Waals surface area contributed by atoms with Gasteiger partial charge in [-0.3, -0.25) is 4.79 Å². The van der Waals surface area contributed by atoms with Crippen LogP contribution >= 0.6 is 23.5 Å². The third-order valence-electron chi connectivity index (χ3n) is 1.59. The van der Waals surface area contributed by atoms with E-state index in [0.29, 0.717) is 11.0 Å². The zero-order valence-corrected chi connectivity index (χ0v) is 7.93. The fourth-order valence-corrected chi connectivity index (χ4v) is 3.82. The van der Waals surface area contributed by atoms with Crippen LogP contribution in [0.15, 0.2) is 0 Å². The first-order valence-electron chi connectivity index (χ1n) is 3.45. The van der Waals surface area contributed by atoms with Crippen molar-refractivity contribution < 1.29 is 4.79 Å². The Bertz CT molecular complexity index is 136. The van der Waals surface area contributed by atoms with Crippen LogP contribution in [0.4, 0.5) is 0 Å². The molecule has 2 atom stereocenters. The average molecular weight is 176 g/mol. The summed E-state index contributed by atoms with van der Waals surface area (Å²) < 4.78 is 0. The molecule has 1 heterocycles. The Morgan fingerprint density at radius 2 is 2.00 bits per heavy atom. The van der Waals surface area contributed by atoms with Crippen molar-refractivity contribution in [3.05, 3.63) is 0 Å². The summed E-state index contributed by atoms with van der Waals surface area (Å²) in [6.07, 6.45) is 0. The third-order valence-corrected chi connectivity index (χ3v) is 4.80. The molecule has 1 aliphatic heterocycles. The van der Waals surface area contributed by atoms with Crippen molar-refractivity contribution in [1.29, 1.82) is 0 Å². The van der Waals surface area contributed by atoms with Crippen LogP contribution in [0.1, 0.15) is 13.8 Å². The van der Waals surface area contributed by atoms with E-state index < -0.39 is 0 Å². The minimum absolute atomic E-state index is 0.263. The van der Waals surface area contributed by atoms with Crippen molar-refractivity contribution in [2.24, 2.45) is 0 Å². The van der Waals surface area contributed by atoms with Gasteiger partial charge in [0.1, 0.15) is 5.78 Å². The molecular formula is C7H12OS2. The molecule has 0 radical (unpaired) electrons. The highest BCUT2D eigenvalue weighted by atomic mass is 32.2. The van der Waals surface area contributed by atoms with Gasteiger partial charge in [0.25, 0.3) is 0 Å². The summed E-state index contributed by atoms with van der Waals surface area (Å²) in [6, 6.07) is 0. The van der Waals surface area contributed by atoms with E-state index in [2.05, 4.69) is 6.92 Å². The molecule has 0 aromatic rings. The Labute approximate surface area is 70.3 Å². The minimum atomic E-state index is 0.263. The van der Waals surface area contributed by atoms with E-state index in [1.807, 2.05) is 23.5 Å². The monoisotopic (exact) mass is 176 g/mol. The normalized spacial score (nSPS) is 33.8. The third kappa shape index (κ3) is 1.92. The Morgan fingerprint density at radius 1 is 1.40 bits per heavy atom. The van der Waals surface area contributed by atoms with Gasteiger partial charge in [-0.25, -0.2) is 0 Å². The molecule has 1 rings (SSSR count). The largest absolute Gasteiger partial charge is 0.299 e. The molecule has 10 heavy (non-hydrogen) atoms. The van der Waals surface area contributed by atoms with E-state index in [1.165, 1.54) is 5.75 Å². The van der Waals surface area contributed by atoms with Crippen LogP contribution in [0, 0.1) is 0 Å². The Hall–Kier alpha value is 0.370. The van der Waals surface area contributed by atoms with Crippen molar-refractivity contribution in [3.63, 3.8) is 0 Å². The van der Waals surface area contributed by atoms with E-state index in [0.717, 1.165) is 5.75 Å². The van der Waals surface area contributed by atoms with Crippen molar-refractivity contribution in [1.82, 2.24) is 0 Å². The summed E-state index contributed by atoms with van der Waals surface area (Å²) in [4.78, 5) is 11.0. The van der Waals surface area contributed by atoms with Crippen LogP contribution in [-0.4, -0.2) is 27.8 Å². The molecule has 3 heteroatoms. The van der Waals surface area contributed by atoms with Crippen LogP contribution < -0.4 is 0 Å². The zero-order valence-electron chi connectivity index (χ0n) is 6.29. The summed E-state index contributed by atoms with van der Waals surface area (Å²) in [5.74, 6) is 2.68. The van der Waals surface area contributed by atoms with Gasteiger partial charge >= 0.3 is 0 Å². The lowest BCUT2D eigenvalue weighted by Crippen LogP contribution is -2.29. The van der Waals surface area contributed by atoms with Gasteiger partial charge in [-0.05, 0) is 6.92 Å². The molecule has 1 nitrogen and oxygen atoms in total. The lowest BCUT2D eigenvalue weighted by molar-refractivity contribution is -0.116. The molecule has 0 aromatic carbocycles. The van der Waals surface area contributed by atoms with Crippen LogP contribution in [0.5, 0.6) is 0 Å². The summed E-state index contributed by atoms with van der Waals surface area (Å²) in [5.41, 5.74) is 0. The maximum absolute atomic E-state index is 11.0. The summed E-state index contributed by atoms with van der Waals surface area (Å²) in [6.45, 7) is 3.84. The summed E-state index contributed by atoms with van der Waals surface area (Å²) >= 11 is 3.72. The van der Waals surface area contributed by atoms with E-state index in [-0.39, 0.29) is 5.25 Å². The molecule has 0 aromatic heterocycles. The molecule has 0 aliphatic carbocycles. The fraction of sp³-hybridized carbons (Fsp3) is 0.857. The molecule has 58 valence electrons. The SMILES string of the molecule is CC(=O)C1SCCSC1C. The lowest BCUT2D eigenvalue weighted by atomic mass is 10.2. The van der Waals surface area contributed by atoms with Crippen molar-refractivity contribution in [2.45, 2.75) is 24.3 Å². The number of thioether (sulfide) groups is 2. The van der Waals surface area contributed by atoms with Gasteiger partial charge in [0, 0.05) is 16.8 Å². The van der Waals surface area contributed by atoms with E-state index in [9.17, 15) is 4.79 Å². The Morgan fingerprint density at radius 3 is 2.40 bits per heavy atom. The van der Waals surface area contributed by atoms with Crippen molar-refractivity contribution >= 4 is 29.3 Å². The van der Waals surface area contributed by atoms with E-state index >= 15 is 0 Å². The smallest absolute Gasteiger partial charge is 0.143 e. The molecule has 1 saturated heterocycles. The summed E-state index contributed by atoms with van der Waals surface area (Å²) in [7, 11) is 0. The molecule has 1 fully saturated rings. The first kappa shape index (κ1) is 8.47. The first-order chi connectivity index (χ1) is 4.72. The predicted octanol–water partition coefficient (Wildman–Crippen LogP) is 1.81. The van der Waals surface area contributed by atoms with E-state index in [1.54, 1.807) is 6.92 Å². The molecule has 0 bridgehead atoms. The van der Waals surface area contributed by atoms with E-state index in [4.69, 9.17) is 0 Å². The first-order valence-corrected chi connectivity index (χ1v) is 5.55. The molecule has 2 unspecified atom stereocenters. The number of hydrogen-bond acceptors (Lipinski definition) is 3. The van der Waals surface area contributed by atoms with Gasteiger partial charge in [0.2, 0.25) is 0 Å². The molecular weight excluding hydrogens is 164 g/mol. The second-order valence-electron chi connectivity index (χ2n) is 2.48. The van der Waals surface area contributed by atoms with Crippen molar-refractivity contribution in [3.8, 4) is 0 Å². The van der Waals surface area contributed by atoms with Crippen LogP contribution in [-0.2, 0) is 4.79 Å². The van der Waals surface area contributed by atoms with Gasteiger partial charge in [0.05, 0.1) is 5.25 Å². The average Bonchev–Trinajstić information content (AvgIpc) is 1.88. The highest BCUT2D eigenvalue weighted by Gasteiger charge is 2.25. The highest BCUT2D eigenvalue weighted by Crippen LogP contribution is 2.31. The topological polar surface area (TPSA) is 17.1 Å². The molecule has 1 aliphatic rings. The number of rotatable bonds is 1. The summed E-state index contributed by atoms with van der Waals surface area (Å²) in [5, 5.41) is 0.787. The van der Waals surface area contributed by atoms with Gasteiger partial charge in [-0.1, -0.05) is 6.92 Å². The second-order valence-corrected chi connectivity index (χ2v) is 5.21. The van der Waals surface area contributed by atoms with Crippen LogP contribution in [0.25, 0.3) is 0 Å². The predicted molar refractivity (Wildman–Crippen MR) is 48.8 cm³/mol. The van der Waals surface area contributed by atoms with Gasteiger partial charge < -0.3 is 0 Å². The number of carbonyl (C=O) groups excluding carboxylic acids is 1. The fourth-order valence-electron chi connectivity index (χ4n) is 1.08. The standard InChI is InChI=1S/C7H12OS2/c1-5(8)7-6(2)9-3-4-10-7/h6-7H,3-4H2,1-2H3. The Balaban J connectivity index is 2.47. The van der Waals surface area contributed by atoms with Crippen molar-refractivity contribution in [2.75, 3.05) is 11.5 Å². The molecule has 0 spiro atoms. The number of Topliss-reactive ketones (excluding diaryl/α,β-unsaturated/α-hetero) is 1. The maximum Gasteiger partial charge on any atom is 0.143 e. The van der Waals surface area contributed by atoms with Crippen LogP contribution in [0.2, 0.25) is 0 Å². The van der Waals surface area contributed by atoms with Crippen LogP contribution in [0.3, 0.4) is 0 Å². The zero-order chi connectivity index (χ0) is 7.56. The molecule has 0 N–H and O–H groups in total. The Kier molecular flexibility index (Phi) is 3.11. The molecule has 0 amide bonds. The van der Waals surface area contributed by atoms with Gasteiger partial charge in [-0.15, -0.1) is 11.8 Å². The minimum Gasteiger partial charge on any atom is -0.299 e. The number of hydrogen-bond donors (Lipinski definition) is 0. The van der Waals surface area contributed by atoms with Gasteiger partial charge in [0.15, 0.2) is 0 Å². The lowest BCUT2D eigenvalue weighted by Gasteiger charge is -2.25. The molecule has 0 saturated carbocycles.